The Bertz CT molecular complexity index is 864. The molecule has 1 heterocycles. The molecule has 0 unspecified atom stereocenters. The number of rotatable bonds is 7. The number of anilines is 1. The number of carbonyl (C=O) groups is 2. The van der Waals surface area contributed by atoms with E-state index in [1.807, 2.05) is 12.1 Å². The number of aryl methyl sites for hydroxylation is 1. The fourth-order valence-electron chi connectivity index (χ4n) is 3.61. The standard InChI is InChI=1S/C23H29N3O3/c1-4-16-9-11-17(12-10-16)22(15(2)3)25-13-21(27)26-14-20(23(24)28)29-19-8-6-5-7-18(19)26/h5-12,15,20,22,25H,4,13-14H2,1-3H3,(H2,24,28)/t20-,22-/m1/s1. The molecule has 1 aliphatic rings. The largest absolute Gasteiger partial charge is 0.477 e. The number of nitrogens with two attached hydrogens (primary N) is 1. The second kappa shape index (κ2) is 9.09. The van der Waals surface area contributed by atoms with Gasteiger partial charge in [0.1, 0.15) is 5.75 Å². The average Bonchev–Trinajstić information content (AvgIpc) is 2.73. The number of benzene rings is 2. The van der Waals surface area contributed by atoms with Gasteiger partial charge in [0.25, 0.3) is 5.91 Å². The van der Waals surface area contributed by atoms with E-state index in [0.29, 0.717) is 17.4 Å². The Morgan fingerprint density at radius 3 is 2.48 bits per heavy atom. The van der Waals surface area contributed by atoms with E-state index in [-0.39, 0.29) is 25.0 Å². The van der Waals surface area contributed by atoms with Crippen molar-refractivity contribution in [3.05, 3.63) is 59.7 Å². The first-order valence-corrected chi connectivity index (χ1v) is 10.1. The molecular weight excluding hydrogens is 366 g/mol. The van der Waals surface area contributed by atoms with Gasteiger partial charge in [0.05, 0.1) is 18.8 Å². The van der Waals surface area contributed by atoms with Crippen molar-refractivity contribution in [1.82, 2.24) is 5.32 Å². The van der Waals surface area contributed by atoms with Crippen LogP contribution >= 0.6 is 0 Å². The van der Waals surface area contributed by atoms with Gasteiger partial charge in [-0.3, -0.25) is 9.59 Å². The van der Waals surface area contributed by atoms with Crippen LogP contribution in [0.4, 0.5) is 5.69 Å². The van der Waals surface area contributed by atoms with Crippen LogP contribution in [-0.4, -0.2) is 31.0 Å². The molecular formula is C23H29N3O3. The van der Waals surface area contributed by atoms with Gasteiger partial charge in [-0.05, 0) is 35.6 Å². The Kier molecular flexibility index (Phi) is 6.54. The van der Waals surface area contributed by atoms with Crippen LogP contribution in [0.2, 0.25) is 0 Å². The lowest BCUT2D eigenvalue weighted by Crippen LogP contribution is -2.51. The highest BCUT2D eigenvalue weighted by Crippen LogP contribution is 2.33. The number of fused-ring (bicyclic) bond motifs is 1. The first-order chi connectivity index (χ1) is 13.9. The van der Waals surface area contributed by atoms with Gasteiger partial charge in [0, 0.05) is 6.04 Å². The van der Waals surface area contributed by atoms with Gasteiger partial charge in [-0.25, -0.2) is 0 Å². The number of primary amides is 1. The predicted octanol–water partition coefficient (Wildman–Crippen LogP) is 2.82. The van der Waals surface area contributed by atoms with Crippen LogP contribution in [0.15, 0.2) is 48.5 Å². The third kappa shape index (κ3) is 4.77. The number of para-hydroxylation sites is 2. The van der Waals surface area contributed by atoms with Crippen molar-refractivity contribution in [2.45, 2.75) is 39.3 Å². The van der Waals surface area contributed by atoms with Crippen LogP contribution in [0.5, 0.6) is 5.75 Å². The summed E-state index contributed by atoms with van der Waals surface area (Å²) in [7, 11) is 0. The molecule has 2 atom stereocenters. The van der Waals surface area contributed by atoms with Crippen molar-refractivity contribution < 1.29 is 14.3 Å². The maximum Gasteiger partial charge on any atom is 0.260 e. The molecule has 0 aliphatic carbocycles. The third-order valence-electron chi connectivity index (χ3n) is 5.28. The zero-order chi connectivity index (χ0) is 21.0. The first kappa shape index (κ1) is 20.9. The number of nitrogens with one attached hydrogen (secondary N) is 1. The molecule has 0 saturated carbocycles. The van der Waals surface area contributed by atoms with E-state index in [1.165, 1.54) is 5.56 Å². The fourth-order valence-corrected chi connectivity index (χ4v) is 3.61. The SMILES string of the molecule is CCc1ccc([C@H](NCC(=O)N2C[C@H](C(N)=O)Oc3ccccc32)C(C)C)cc1. The van der Waals surface area contributed by atoms with Gasteiger partial charge in [0.2, 0.25) is 5.91 Å². The third-order valence-corrected chi connectivity index (χ3v) is 5.28. The van der Waals surface area contributed by atoms with Crippen molar-refractivity contribution in [3.63, 3.8) is 0 Å². The van der Waals surface area contributed by atoms with Gasteiger partial charge in [-0.2, -0.15) is 0 Å². The molecule has 3 N–H and O–H groups in total. The van der Waals surface area contributed by atoms with E-state index in [9.17, 15) is 9.59 Å². The van der Waals surface area contributed by atoms with Gasteiger partial charge in [-0.1, -0.05) is 57.2 Å². The minimum atomic E-state index is -0.851. The Hall–Kier alpha value is -2.86. The Morgan fingerprint density at radius 1 is 1.17 bits per heavy atom. The normalized spacial score (nSPS) is 16.8. The van der Waals surface area contributed by atoms with Gasteiger partial charge >= 0.3 is 0 Å². The number of amides is 2. The van der Waals surface area contributed by atoms with E-state index in [2.05, 4.69) is 50.4 Å². The molecule has 2 amide bonds. The smallest absolute Gasteiger partial charge is 0.260 e. The highest BCUT2D eigenvalue weighted by atomic mass is 16.5. The monoisotopic (exact) mass is 395 g/mol. The van der Waals surface area contributed by atoms with Crippen molar-refractivity contribution in [3.8, 4) is 5.75 Å². The number of nitrogens with zero attached hydrogens (tertiary/aromatic N) is 1. The molecule has 29 heavy (non-hydrogen) atoms. The summed E-state index contributed by atoms with van der Waals surface area (Å²) in [5, 5.41) is 3.40. The second-order valence-corrected chi connectivity index (χ2v) is 7.68. The molecule has 2 aromatic carbocycles. The first-order valence-electron chi connectivity index (χ1n) is 10.1. The summed E-state index contributed by atoms with van der Waals surface area (Å²) in [4.78, 5) is 26.3. The summed E-state index contributed by atoms with van der Waals surface area (Å²) in [5.41, 5.74) is 8.53. The molecule has 0 fully saturated rings. The van der Waals surface area contributed by atoms with E-state index in [0.717, 1.165) is 12.0 Å². The van der Waals surface area contributed by atoms with Crippen molar-refractivity contribution >= 4 is 17.5 Å². The van der Waals surface area contributed by atoms with Gasteiger partial charge in [0.15, 0.2) is 6.10 Å². The number of carbonyl (C=O) groups excluding carboxylic acids is 2. The number of ether oxygens (including phenoxy) is 1. The van der Waals surface area contributed by atoms with Crippen molar-refractivity contribution in [2.24, 2.45) is 11.7 Å². The summed E-state index contributed by atoms with van der Waals surface area (Å²) in [6.45, 7) is 6.65. The minimum absolute atomic E-state index is 0.0491. The van der Waals surface area contributed by atoms with Crippen LogP contribution in [-0.2, 0) is 16.0 Å². The minimum Gasteiger partial charge on any atom is -0.477 e. The van der Waals surface area contributed by atoms with E-state index < -0.39 is 12.0 Å². The molecule has 154 valence electrons. The quantitative estimate of drug-likeness (QED) is 0.755. The lowest BCUT2D eigenvalue weighted by molar-refractivity contribution is -0.125. The lowest BCUT2D eigenvalue weighted by Gasteiger charge is -2.34. The summed E-state index contributed by atoms with van der Waals surface area (Å²) in [5.74, 6) is 0.0984. The van der Waals surface area contributed by atoms with Crippen LogP contribution in [0.1, 0.15) is 37.9 Å². The van der Waals surface area contributed by atoms with Gasteiger partial charge < -0.3 is 20.7 Å². The predicted molar refractivity (Wildman–Crippen MR) is 114 cm³/mol. The maximum atomic E-state index is 13.0. The topological polar surface area (TPSA) is 84.7 Å². The number of hydrogen-bond acceptors (Lipinski definition) is 4. The summed E-state index contributed by atoms with van der Waals surface area (Å²) >= 11 is 0. The van der Waals surface area contributed by atoms with E-state index >= 15 is 0 Å². The lowest BCUT2D eigenvalue weighted by atomic mass is 9.95. The molecule has 6 heteroatoms. The molecule has 3 rings (SSSR count). The van der Waals surface area contributed by atoms with Crippen LogP contribution in [0, 0.1) is 5.92 Å². The summed E-state index contributed by atoms with van der Waals surface area (Å²) in [6.07, 6.45) is 0.145. The highest BCUT2D eigenvalue weighted by Gasteiger charge is 2.32. The van der Waals surface area contributed by atoms with Crippen LogP contribution < -0.4 is 20.7 Å². The molecule has 0 spiro atoms. The Labute approximate surface area is 172 Å². The van der Waals surface area contributed by atoms with E-state index in [1.54, 1.807) is 17.0 Å². The molecule has 0 saturated heterocycles. The average molecular weight is 396 g/mol. The van der Waals surface area contributed by atoms with Gasteiger partial charge in [-0.15, -0.1) is 0 Å². The molecule has 2 aromatic rings. The Morgan fingerprint density at radius 2 is 1.86 bits per heavy atom. The zero-order valence-corrected chi connectivity index (χ0v) is 17.2. The maximum absolute atomic E-state index is 13.0. The zero-order valence-electron chi connectivity index (χ0n) is 17.2. The van der Waals surface area contributed by atoms with Crippen LogP contribution in [0.25, 0.3) is 0 Å². The Balaban J connectivity index is 1.74. The van der Waals surface area contributed by atoms with Crippen LogP contribution in [0.3, 0.4) is 0 Å². The van der Waals surface area contributed by atoms with Crippen molar-refractivity contribution in [2.75, 3.05) is 18.0 Å². The number of hydrogen-bond donors (Lipinski definition) is 2. The highest BCUT2D eigenvalue weighted by molar-refractivity contribution is 5.98. The molecule has 0 radical (unpaired) electrons. The molecule has 6 nitrogen and oxygen atoms in total. The van der Waals surface area contributed by atoms with Crippen molar-refractivity contribution in [1.29, 1.82) is 0 Å². The molecule has 1 aliphatic heterocycles. The molecule has 0 aromatic heterocycles. The summed E-state index contributed by atoms with van der Waals surface area (Å²) in [6, 6.07) is 15.7. The van der Waals surface area contributed by atoms with E-state index in [4.69, 9.17) is 10.5 Å². The fraction of sp³-hybridized carbons (Fsp3) is 0.391. The molecule has 0 bridgehead atoms. The summed E-state index contributed by atoms with van der Waals surface area (Å²) < 4.78 is 5.64. The second-order valence-electron chi connectivity index (χ2n) is 7.68.